The average Bonchev–Trinajstić information content (AvgIpc) is 3.21. The predicted octanol–water partition coefficient (Wildman–Crippen LogP) is 1.22. The third-order valence-electron chi connectivity index (χ3n) is 3.41. The summed E-state index contributed by atoms with van der Waals surface area (Å²) in [4.78, 5) is 6.50. The molecule has 0 unspecified atom stereocenters. The van der Waals surface area contributed by atoms with E-state index in [0.29, 0.717) is 24.9 Å². The quantitative estimate of drug-likeness (QED) is 0.831. The molecule has 5 nitrogen and oxygen atoms in total. The molecule has 2 saturated carbocycles. The lowest BCUT2D eigenvalue weighted by atomic mass is 10.4. The first kappa shape index (κ1) is 11.2. The van der Waals surface area contributed by atoms with Crippen molar-refractivity contribution in [3.63, 3.8) is 0 Å². The molecule has 0 bridgehead atoms. The van der Waals surface area contributed by atoms with Crippen molar-refractivity contribution in [3.05, 3.63) is 12.5 Å². The third kappa shape index (κ3) is 2.52. The molecule has 2 fully saturated rings. The number of rotatable bonds is 6. The summed E-state index contributed by atoms with van der Waals surface area (Å²) in [6.07, 6.45) is 7.47. The van der Waals surface area contributed by atoms with Crippen LogP contribution in [-0.4, -0.2) is 35.8 Å². The Bertz CT molecular complexity index is 461. The Hall–Kier alpha value is -0.880. The summed E-state index contributed by atoms with van der Waals surface area (Å²) >= 11 is 0. The second kappa shape index (κ2) is 4.10. The molecule has 1 N–H and O–H groups in total. The number of sulfonamides is 1. The van der Waals surface area contributed by atoms with Crippen molar-refractivity contribution in [1.29, 1.82) is 0 Å². The molecule has 0 atom stereocenters. The molecule has 1 aromatic rings. The van der Waals surface area contributed by atoms with Gasteiger partial charge in [0.2, 0.25) is 0 Å². The van der Waals surface area contributed by atoms with Crippen LogP contribution in [0.5, 0.6) is 0 Å². The fraction of sp³-hybridized carbons (Fsp3) is 0.727. The molecule has 17 heavy (non-hydrogen) atoms. The van der Waals surface area contributed by atoms with E-state index in [0.717, 1.165) is 0 Å². The van der Waals surface area contributed by atoms with E-state index in [1.807, 2.05) is 0 Å². The van der Waals surface area contributed by atoms with Gasteiger partial charge in [-0.25, -0.2) is 13.4 Å². The van der Waals surface area contributed by atoms with Gasteiger partial charge < -0.3 is 4.98 Å². The van der Waals surface area contributed by atoms with Crippen molar-refractivity contribution in [2.45, 2.75) is 30.7 Å². The van der Waals surface area contributed by atoms with Crippen molar-refractivity contribution >= 4 is 10.0 Å². The van der Waals surface area contributed by atoms with Crippen molar-refractivity contribution in [1.82, 2.24) is 14.3 Å². The Morgan fingerprint density at radius 3 is 2.24 bits per heavy atom. The van der Waals surface area contributed by atoms with E-state index in [1.165, 1.54) is 38.2 Å². The summed E-state index contributed by atoms with van der Waals surface area (Å²) < 4.78 is 26.4. The number of aromatic amines is 1. The van der Waals surface area contributed by atoms with Crippen LogP contribution in [0.25, 0.3) is 0 Å². The second-order valence-electron chi connectivity index (χ2n) is 5.12. The minimum absolute atomic E-state index is 0.221. The highest BCUT2D eigenvalue weighted by molar-refractivity contribution is 7.89. The molecule has 0 radical (unpaired) electrons. The summed E-state index contributed by atoms with van der Waals surface area (Å²) in [6.45, 7) is 1.36. The van der Waals surface area contributed by atoms with Crippen LogP contribution in [0, 0.1) is 11.8 Å². The van der Waals surface area contributed by atoms with Gasteiger partial charge in [0.05, 0.1) is 12.5 Å². The molecule has 0 aromatic carbocycles. The van der Waals surface area contributed by atoms with Gasteiger partial charge in [0.15, 0.2) is 5.03 Å². The molecule has 94 valence electrons. The lowest BCUT2D eigenvalue weighted by molar-refractivity contribution is 0.381. The van der Waals surface area contributed by atoms with Crippen LogP contribution in [-0.2, 0) is 10.0 Å². The standard InChI is InChI=1S/C11H17N3O2S/c15-17(16,11-5-12-8-13-11)14(6-9-1-2-9)7-10-3-4-10/h5,8-10H,1-4,6-7H2,(H,12,13). The number of nitrogens with one attached hydrogen (secondary N) is 1. The highest BCUT2D eigenvalue weighted by Gasteiger charge is 2.36. The Morgan fingerprint density at radius 1 is 1.24 bits per heavy atom. The fourth-order valence-corrected chi connectivity index (χ4v) is 3.46. The van der Waals surface area contributed by atoms with E-state index in [9.17, 15) is 8.42 Å². The SMILES string of the molecule is O=S(=O)(c1cnc[nH]1)N(CC1CC1)CC1CC1. The summed E-state index contributed by atoms with van der Waals surface area (Å²) in [5, 5.41) is 0.221. The minimum Gasteiger partial charge on any atom is -0.335 e. The van der Waals surface area contributed by atoms with Gasteiger partial charge in [-0.15, -0.1) is 0 Å². The van der Waals surface area contributed by atoms with Gasteiger partial charge in [-0.2, -0.15) is 4.31 Å². The first-order chi connectivity index (χ1) is 8.16. The van der Waals surface area contributed by atoms with E-state index in [-0.39, 0.29) is 5.03 Å². The maximum absolute atomic E-state index is 12.4. The van der Waals surface area contributed by atoms with Gasteiger partial charge in [0, 0.05) is 13.1 Å². The van der Waals surface area contributed by atoms with Crippen LogP contribution >= 0.6 is 0 Å². The van der Waals surface area contributed by atoms with Crippen LogP contribution in [0.3, 0.4) is 0 Å². The van der Waals surface area contributed by atoms with Crippen LogP contribution in [0.1, 0.15) is 25.7 Å². The Morgan fingerprint density at radius 2 is 1.82 bits per heavy atom. The van der Waals surface area contributed by atoms with Crippen molar-refractivity contribution < 1.29 is 8.42 Å². The molecule has 2 aliphatic rings. The number of H-pyrrole nitrogens is 1. The summed E-state index contributed by atoms with van der Waals surface area (Å²) in [5.74, 6) is 1.15. The number of hydrogen-bond acceptors (Lipinski definition) is 3. The predicted molar refractivity (Wildman–Crippen MR) is 62.8 cm³/mol. The highest BCUT2D eigenvalue weighted by Crippen LogP contribution is 2.35. The molecule has 2 aliphatic carbocycles. The van der Waals surface area contributed by atoms with E-state index >= 15 is 0 Å². The van der Waals surface area contributed by atoms with E-state index in [4.69, 9.17) is 0 Å². The number of nitrogens with zero attached hydrogens (tertiary/aromatic N) is 2. The summed E-state index contributed by atoms with van der Waals surface area (Å²) in [5.41, 5.74) is 0. The zero-order valence-corrected chi connectivity index (χ0v) is 10.5. The van der Waals surface area contributed by atoms with Gasteiger partial charge >= 0.3 is 0 Å². The van der Waals surface area contributed by atoms with Crippen LogP contribution < -0.4 is 0 Å². The zero-order chi connectivity index (χ0) is 11.9. The molecule has 0 spiro atoms. The topological polar surface area (TPSA) is 66.1 Å². The first-order valence-electron chi connectivity index (χ1n) is 6.15. The van der Waals surface area contributed by atoms with Crippen molar-refractivity contribution in [2.24, 2.45) is 11.8 Å². The van der Waals surface area contributed by atoms with Crippen LogP contribution in [0.4, 0.5) is 0 Å². The fourth-order valence-electron chi connectivity index (χ4n) is 1.97. The Balaban J connectivity index is 1.79. The molecule has 6 heteroatoms. The molecule has 1 heterocycles. The highest BCUT2D eigenvalue weighted by atomic mass is 32.2. The molecule has 0 aliphatic heterocycles. The molecular formula is C11H17N3O2S. The maximum Gasteiger partial charge on any atom is 0.260 e. The Kier molecular flexibility index (Phi) is 2.71. The maximum atomic E-state index is 12.4. The first-order valence-corrected chi connectivity index (χ1v) is 7.59. The van der Waals surface area contributed by atoms with E-state index in [1.54, 1.807) is 4.31 Å². The van der Waals surface area contributed by atoms with E-state index in [2.05, 4.69) is 9.97 Å². The molecule has 0 amide bonds. The van der Waals surface area contributed by atoms with Gasteiger partial charge in [-0.05, 0) is 37.5 Å². The number of aromatic nitrogens is 2. The molecule has 1 aromatic heterocycles. The molecule has 0 saturated heterocycles. The lowest BCUT2D eigenvalue weighted by Gasteiger charge is -2.20. The number of imidazole rings is 1. The van der Waals surface area contributed by atoms with Gasteiger partial charge in [0.1, 0.15) is 0 Å². The second-order valence-corrected chi connectivity index (χ2v) is 7.03. The smallest absolute Gasteiger partial charge is 0.260 e. The van der Waals surface area contributed by atoms with Crippen molar-refractivity contribution in [2.75, 3.05) is 13.1 Å². The number of hydrogen-bond donors (Lipinski definition) is 1. The molecule has 3 rings (SSSR count). The average molecular weight is 255 g/mol. The third-order valence-corrected chi connectivity index (χ3v) is 5.17. The van der Waals surface area contributed by atoms with Gasteiger partial charge in [-0.3, -0.25) is 0 Å². The monoisotopic (exact) mass is 255 g/mol. The normalized spacial score (nSPS) is 21.0. The van der Waals surface area contributed by atoms with Crippen molar-refractivity contribution in [3.8, 4) is 0 Å². The lowest BCUT2D eigenvalue weighted by Crippen LogP contribution is -2.35. The van der Waals surface area contributed by atoms with Gasteiger partial charge in [0.25, 0.3) is 10.0 Å². The zero-order valence-electron chi connectivity index (χ0n) is 9.67. The minimum atomic E-state index is -3.35. The Labute approximate surface area is 101 Å². The van der Waals surface area contributed by atoms with Gasteiger partial charge in [-0.1, -0.05) is 0 Å². The van der Waals surface area contributed by atoms with E-state index < -0.39 is 10.0 Å². The summed E-state index contributed by atoms with van der Waals surface area (Å²) in [6, 6.07) is 0. The largest absolute Gasteiger partial charge is 0.335 e. The summed E-state index contributed by atoms with van der Waals surface area (Å²) in [7, 11) is -3.35. The van der Waals surface area contributed by atoms with Crippen LogP contribution in [0.2, 0.25) is 0 Å². The molecular weight excluding hydrogens is 238 g/mol. The van der Waals surface area contributed by atoms with Crippen LogP contribution in [0.15, 0.2) is 17.6 Å².